The van der Waals surface area contributed by atoms with Gasteiger partial charge in [0.15, 0.2) is 0 Å². The first-order valence-corrected chi connectivity index (χ1v) is 7.03. The molecule has 0 aromatic heterocycles. The molecule has 0 radical (unpaired) electrons. The molecule has 2 aromatic carbocycles. The summed E-state index contributed by atoms with van der Waals surface area (Å²) < 4.78 is 14.7. The minimum atomic E-state index is -0.140. The largest absolute Gasteiger partial charge is 0.324 e. The minimum Gasteiger partial charge on any atom is -0.324 e. The van der Waals surface area contributed by atoms with Crippen LogP contribution in [0.1, 0.15) is 28.3 Å². The third-order valence-electron chi connectivity index (χ3n) is 3.23. The Labute approximate surface area is 121 Å². The molecule has 1 nitrogen and oxygen atoms in total. The van der Waals surface area contributed by atoms with Crippen LogP contribution in [-0.4, -0.2) is 0 Å². The van der Waals surface area contributed by atoms with Crippen LogP contribution in [0.5, 0.6) is 0 Å². The molecule has 0 saturated carbocycles. The van der Waals surface area contributed by atoms with Crippen molar-refractivity contribution in [2.45, 2.75) is 26.3 Å². The van der Waals surface area contributed by atoms with Gasteiger partial charge in [0, 0.05) is 10.5 Å². The standard InChI is InChI=1S/C16H17BrFN/c1-10-6-13(7-11(2)16(10)18)15(19)9-12-4-3-5-14(17)8-12/h3-8,15H,9,19H2,1-2H3. The molecule has 0 bridgehead atoms. The molecule has 0 spiro atoms. The van der Waals surface area contributed by atoms with E-state index in [9.17, 15) is 4.39 Å². The van der Waals surface area contributed by atoms with Gasteiger partial charge >= 0.3 is 0 Å². The molecule has 0 aliphatic carbocycles. The Morgan fingerprint density at radius 3 is 2.37 bits per heavy atom. The van der Waals surface area contributed by atoms with Gasteiger partial charge in [0.25, 0.3) is 0 Å². The van der Waals surface area contributed by atoms with Gasteiger partial charge in [-0.3, -0.25) is 0 Å². The van der Waals surface area contributed by atoms with Gasteiger partial charge in [-0.1, -0.05) is 40.2 Å². The lowest BCUT2D eigenvalue weighted by Gasteiger charge is -2.15. The van der Waals surface area contributed by atoms with E-state index in [0.29, 0.717) is 11.1 Å². The molecule has 0 aliphatic heterocycles. The maximum absolute atomic E-state index is 13.6. The van der Waals surface area contributed by atoms with Crippen molar-refractivity contribution in [1.82, 2.24) is 0 Å². The highest BCUT2D eigenvalue weighted by atomic mass is 79.9. The second-order valence-electron chi connectivity index (χ2n) is 4.91. The van der Waals surface area contributed by atoms with Crippen LogP contribution in [-0.2, 0) is 6.42 Å². The van der Waals surface area contributed by atoms with Crippen LogP contribution in [0.2, 0.25) is 0 Å². The van der Waals surface area contributed by atoms with Crippen molar-refractivity contribution < 1.29 is 4.39 Å². The monoisotopic (exact) mass is 321 g/mol. The third kappa shape index (κ3) is 3.43. The molecule has 1 unspecified atom stereocenters. The topological polar surface area (TPSA) is 26.0 Å². The molecule has 0 aliphatic rings. The summed E-state index contributed by atoms with van der Waals surface area (Å²) in [6, 6.07) is 11.6. The first kappa shape index (κ1) is 14.2. The first-order valence-electron chi connectivity index (χ1n) is 6.24. The molecule has 0 heterocycles. The summed E-state index contributed by atoms with van der Waals surface area (Å²) in [5.74, 6) is -0.140. The average molecular weight is 322 g/mol. The predicted octanol–water partition coefficient (Wildman–Crippen LogP) is 4.45. The molecule has 100 valence electrons. The van der Waals surface area contributed by atoms with Crippen molar-refractivity contribution in [3.8, 4) is 0 Å². The second kappa shape index (κ2) is 5.85. The van der Waals surface area contributed by atoms with Crippen molar-refractivity contribution in [3.63, 3.8) is 0 Å². The lowest BCUT2D eigenvalue weighted by molar-refractivity contribution is 0.605. The Kier molecular flexibility index (Phi) is 4.38. The number of benzene rings is 2. The Bertz CT molecular complexity index is 572. The summed E-state index contributed by atoms with van der Waals surface area (Å²) in [6.45, 7) is 3.55. The van der Waals surface area contributed by atoms with Crippen molar-refractivity contribution in [2.24, 2.45) is 5.73 Å². The van der Waals surface area contributed by atoms with Crippen molar-refractivity contribution in [1.29, 1.82) is 0 Å². The number of rotatable bonds is 3. The second-order valence-corrected chi connectivity index (χ2v) is 5.82. The van der Waals surface area contributed by atoms with Gasteiger partial charge in [-0.15, -0.1) is 0 Å². The summed E-state index contributed by atoms with van der Waals surface area (Å²) in [5.41, 5.74) is 9.68. The quantitative estimate of drug-likeness (QED) is 0.888. The molecule has 1 atom stereocenters. The molecule has 0 saturated heterocycles. The zero-order chi connectivity index (χ0) is 14.0. The van der Waals surface area contributed by atoms with E-state index in [0.717, 1.165) is 16.5 Å². The van der Waals surface area contributed by atoms with E-state index in [4.69, 9.17) is 5.73 Å². The molecular formula is C16H17BrFN. The fourth-order valence-corrected chi connectivity index (χ4v) is 2.68. The maximum atomic E-state index is 13.6. The highest BCUT2D eigenvalue weighted by molar-refractivity contribution is 9.10. The van der Waals surface area contributed by atoms with Crippen LogP contribution >= 0.6 is 15.9 Å². The fraction of sp³-hybridized carbons (Fsp3) is 0.250. The van der Waals surface area contributed by atoms with Gasteiger partial charge in [-0.05, 0) is 54.7 Å². The van der Waals surface area contributed by atoms with Gasteiger partial charge in [0.2, 0.25) is 0 Å². The Hall–Kier alpha value is -1.19. The van der Waals surface area contributed by atoms with Gasteiger partial charge in [0.1, 0.15) is 5.82 Å². The summed E-state index contributed by atoms with van der Waals surface area (Å²) in [7, 11) is 0. The highest BCUT2D eigenvalue weighted by Crippen LogP contribution is 2.22. The number of hydrogen-bond acceptors (Lipinski definition) is 1. The van der Waals surface area contributed by atoms with Crippen LogP contribution in [0.4, 0.5) is 4.39 Å². The van der Waals surface area contributed by atoms with E-state index in [1.54, 1.807) is 13.8 Å². The number of aryl methyl sites for hydroxylation is 2. The zero-order valence-corrected chi connectivity index (χ0v) is 12.7. The SMILES string of the molecule is Cc1cc(C(N)Cc2cccc(Br)c2)cc(C)c1F. The maximum Gasteiger partial charge on any atom is 0.129 e. The lowest BCUT2D eigenvalue weighted by Crippen LogP contribution is -2.14. The van der Waals surface area contributed by atoms with Crippen LogP contribution in [0.25, 0.3) is 0 Å². The number of halogens is 2. The first-order chi connectivity index (χ1) is 8.97. The Morgan fingerprint density at radius 2 is 1.79 bits per heavy atom. The normalized spacial score (nSPS) is 12.5. The number of nitrogens with two attached hydrogens (primary N) is 1. The van der Waals surface area contributed by atoms with E-state index in [2.05, 4.69) is 22.0 Å². The summed E-state index contributed by atoms with van der Waals surface area (Å²) in [5, 5.41) is 0. The van der Waals surface area contributed by atoms with Gasteiger partial charge in [-0.2, -0.15) is 0 Å². The molecule has 0 fully saturated rings. The third-order valence-corrected chi connectivity index (χ3v) is 3.72. The molecule has 0 amide bonds. The number of hydrogen-bond donors (Lipinski definition) is 1. The van der Waals surface area contributed by atoms with Gasteiger partial charge < -0.3 is 5.73 Å². The average Bonchev–Trinajstić information content (AvgIpc) is 2.35. The highest BCUT2D eigenvalue weighted by Gasteiger charge is 2.11. The molecule has 3 heteroatoms. The zero-order valence-electron chi connectivity index (χ0n) is 11.1. The predicted molar refractivity (Wildman–Crippen MR) is 80.6 cm³/mol. The summed E-state index contributed by atoms with van der Waals surface area (Å²) >= 11 is 3.45. The van der Waals surface area contributed by atoms with Crippen molar-refractivity contribution in [3.05, 3.63) is 68.9 Å². The van der Waals surface area contributed by atoms with Crippen LogP contribution in [0.3, 0.4) is 0 Å². The van der Waals surface area contributed by atoms with E-state index in [-0.39, 0.29) is 11.9 Å². The van der Waals surface area contributed by atoms with Gasteiger partial charge in [-0.25, -0.2) is 4.39 Å². The molecular weight excluding hydrogens is 305 g/mol. The Morgan fingerprint density at radius 1 is 1.16 bits per heavy atom. The lowest BCUT2D eigenvalue weighted by atomic mass is 9.96. The smallest absolute Gasteiger partial charge is 0.129 e. The van der Waals surface area contributed by atoms with Gasteiger partial charge in [0.05, 0.1) is 0 Å². The van der Waals surface area contributed by atoms with Crippen LogP contribution in [0.15, 0.2) is 40.9 Å². The molecule has 2 aromatic rings. The van der Waals surface area contributed by atoms with Crippen LogP contribution < -0.4 is 5.73 Å². The molecule has 2 N–H and O–H groups in total. The minimum absolute atomic E-state index is 0.118. The van der Waals surface area contributed by atoms with E-state index in [1.807, 2.05) is 30.3 Å². The molecule has 2 rings (SSSR count). The molecule has 19 heavy (non-hydrogen) atoms. The van der Waals surface area contributed by atoms with Crippen molar-refractivity contribution >= 4 is 15.9 Å². The van der Waals surface area contributed by atoms with Crippen LogP contribution in [0, 0.1) is 19.7 Å². The van der Waals surface area contributed by atoms with Crippen molar-refractivity contribution in [2.75, 3.05) is 0 Å². The van der Waals surface area contributed by atoms with E-state index < -0.39 is 0 Å². The summed E-state index contributed by atoms with van der Waals surface area (Å²) in [6.07, 6.45) is 0.740. The van der Waals surface area contributed by atoms with E-state index >= 15 is 0 Å². The summed E-state index contributed by atoms with van der Waals surface area (Å²) in [4.78, 5) is 0. The fourth-order valence-electron chi connectivity index (χ4n) is 2.23. The van der Waals surface area contributed by atoms with E-state index in [1.165, 1.54) is 5.56 Å². The Balaban J connectivity index is 2.23.